The lowest BCUT2D eigenvalue weighted by molar-refractivity contribution is 0.0844. The van der Waals surface area contributed by atoms with Crippen molar-refractivity contribution in [2.45, 2.75) is 24.5 Å². The van der Waals surface area contributed by atoms with Crippen LogP contribution in [-0.4, -0.2) is 45.0 Å². The van der Waals surface area contributed by atoms with E-state index in [-0.39, 0.29) is 64.6 Å². The van der Waals surface area contributed by atoms with E-state index in [1.165, 1.54) is 25.3 Å². The van der Waals surface area contributed by atoms with Crippen molar-refractivity contribution in [2.75, 3.05) is 13.7 Å². The summed E-state index contributed by atoms with van der Waals surface area (Å²) in [6, 6.07) is 10.2. The molecule has 34 heavy (non-hydrogen) atoms. The third kappa shape index (κ3) is 3.41. The number of phenols is 4. The number of carbonyl (C=O) groups is 1. The molecule has 9 nitrogen and oxygen atoms in total. The molecule has 2 aliphatic rings. The number of fused-ring (bicyclic) bond motifs is 2. The van der Waals surface area contributed by atoms with E-state index >= 15 is 0 Å². The Labute approximate surface area is 194 Å². The Kier molecular flexibility index (Phi) is 5.13. The number of hydrogen-bond donors (Lipinski definition) is 5. The topological polar surface area (TPSA) is 146 Å². The van der Waals surface area contributed by atoms with Gasteiger partial charge < -0.3 is 39.7 Å². The summed E-state index contributed by atoms with van der Waals surface area (Å²) in [7, 11) is 1.42. The number of hydrogen-bond acceptors (Lipinski definition) is 9. The molecular weight excluding hydrogens is 444 g/mol. The summed E-state index contributed by atoms with van der Waals surface area (Å²) in [6.45, 7) is -0.293. The molecule has 0 fully saturated rings. The molecule has 0 saturated carbocycles. The highest BCUT2D eigenvalue weighted by molar-refractivity contribution is 6.02. The van der Waals surface area contributed by atoms with Crippen LogP contribution in [0, 0.1) is 0 Å². The average Bonchev–Trinajstić information content (AvgIpc) is 3.17. The maximum atomic E-state index is 12.7. The third-order valence-electron chi connectivity index (χ3n) is 6.22. The minimum Gasteiger partial charge on any atom is -0.508 e. The van der Waals surface area contributed by atoms with Gasteiger partial charge in [0.1, 0.15) is 35.0 Å². The molecule has 0 bridgehead atoms. The Bertz CT molecular complexity index is 1300. The first-order chi connectivity index (χ1) is 16.3. The van der Waals surface area contributed by atoms with Gasteiger partial charge >= 0.3 is 0 Å². The zero-order chi connectivity index (χ0) is 24.1. The third-order valence-corrected chi connectivity index (χ3v) is 6.22. The fraction of sp³-hybridized carbons (Fsp3) is 0.240. The number of benzene rings is 3. The number of phenolic OH excluding ortho intramolecular Hbond substituents is 4. The van der Waals surface area contributed by atoms with Crippen LogP contribution in [0.3, 0.4) is 0 Å². The van der Waals surface area contributed by atoms with Crippen LogP contribution in [0.2, 0.25) is 0 Å². The van der Waals surface area contributed by atoms with Crippen LogP contribution in [0.25, 0.3) is 0 Å². The summed E-state index contributed by atoms with van der Waals surface area (Å²) in [6.07, 6.45) is -1.53. The number of aliphatic hydroxyl groups excluding tert-OH is 1. The first-order valence-electron chi connectivity index (χ1n) is 10.6. The van der Waals surface area contributed by atoms with Crippen molar-refractivity contribution in [1.82, 2.24) is 0 Å². The minimum atomic E-state index is -0.787. The van der Waals surface area contributed by atoms with E-state index in [4.69, 9.17) is 14.2 Å². The van der Waals surface area contributed by atoms with Gasteiger partial charge in [0.05, 0.1) is 26.1 Å². The standard InChI is InChI=1S/C25H22O9/c1-32-21-6-11(2-3-16(21)28)24-15(10-26)14-4-12(5-19(31)25(14)34-24)20-9-18(30)23-17(29)7-13(27)8-22(23)33-20/h2-8,15,20,24,26-29,31H,9-10H2,1H3. The van der Waals surface area contributed by atoms with Gasteiger partial charge in [-0.15, -0.1) is 0 Å². The van der Waals surface area contributed by atoms with E-state index < -0.39 is 18.1 Å². The van der Waals surface area contributed by atoms with Gasteiger partial charge in [0.25, 0.3) is 0 Å². The SMILES string of the molecule is COc1cc(C2Oc3c(O)cc(C4CC(=O)c5c(O)cc(O)cc5O4)cc3C2CO)ccc1O. The molecular formula is C25H22O9. The summed E-state index contributed by atoms with van der Waals surface area (Å²) >= 11 is 0. The van der Waals surface area contributed by atoms with Crippen molar-refractivity contribution in [3.05, 3.63) is 64.7 Å². The number of rotatable bonds is 4. The van der Waals surface area contributed by atoms with Crippen molar-refractivity contribution in [2.24, 2.45) is 0 Å². The molecule has 0 amide bonds. The lowest BCUT2D eigenvalue weighted by Gasteiger charge is -2.26. The number of ether oxygens (including phenoxy) is 3. The Hall–Kier alpha value is -4.11. The predicted octanol–water partition coefficient (Wildman–Crippen LogP) is 3.43. The number of carbonyl (C=O) groups excluding carboxylic acids is 1. The van der Waals surface area contributed by atoms with Crippen LogP contribution in [0.15, 0.2) is 42.5 Å². The second-order valence-corrected chi connectivity index (χ2v) is 8.29. The molecule has 3 atom stereocenters. The first kappa shape index (κ1) is 21.7. The fourth-order valence-electron chi connectivity index (χ4n) is 4.60. The Morgan fingerprint density at radius 1 is 0.941 bits per heavy atom. The summed E-state index contributed by atoms with van der Waals surface area (Å²) in [5, 5.41) is 50.6. The van der Waals surface area contributed by atoms with Gasteiger partial charge in [0.15, 0.2) is 28.8 Å². The van der Waals surface area contributed by atoms with Gasteiger partial charge in [0, 0.05) is 17.7 Å². The van der Waals surface area contributed by atoms with E-state index in [9.17, 15) is 30.3 Å². The molecule has 5 N–H and O–H groups in total. The van der Waals surface area contributed by atoms with Crippen LogP contribution in [0.5, 0.6) is 40.2 Å². The highest BCUT2D eigenvalue weighted by Crippen LogP contribution is 2.52. The summed E-state index contributed by atoms with van der Waals surface area (Å²) in [5.74, 6) is -1.25. The van der Waals surface area contributed by atoms with Gasteiger partial charge in [-0.05, 0) is 35.4 Å². The van der Waals surface area contributed by atoms with Crippen molar-refractivity contribution < 1.29 is 44.5 Å². The molecule has 0 aliphatic carbocycles. The normalized spacial score (nSPS) is 20.8. The molecule has 0 spiro atoms. The van der Waals surface area contributed by atoms with Crippen molar-refractivity contribution in [3.8, 4) is 40.2 Å². The number of aliphatic hydroxyl groups is 1. The van der Waals surface area contributed by atoms with E-state index in [1.54, 1.807) is 18.2 Å². The smallest absolute Gasteiger partial charge is 0.174 e. The van der Waals surface area contributed by atoms with Gasteiger partial charge in [-0.3, -0.25) is 4.79 Å². The molecule has 0 radical (unpaired) electrons. The second-order valence-electron chi connectivity index (χ2n) is 8.29. The zero-order valence-corrected chi connectivity index (χ0v) is 18.1. The lowest BCUT2D eigenvalue weighted by atomic mass is 9.88. The molecule has 0 saturated heterocycles. The maximum Gasteiger partial charge on any atom is 0.174 e. The summed E-state index contributed by atoms with van der Waals surface area (Å²) in [4.78, 5) is 12.7. The number of methoxy groups -OCH3 is 1. The van der Waals surface area contributed by atoms with Crippen molar-refractivity contribution >= 4 is 5.78 Å². The van der Waals surface area contributed by atoms with E-state index in [0.29, 0.717) is 16.7 Å². The highest BCUT2D eigenvalue weighted by atomic mass is 16.5. The monoisotopic (exact) mass is 466 g/mol. The molecule has 3 aromatic rings. The average molecular weight is 466 g/mol. The van der Waals surface area contributed by atoms with Crippen LogP contribution in [0.1, 0.15) is 51.6 Å². The van der Waals surface area contributed by atoms with Crippen LogP contribution in [-0.2, 0) is 0 Å². The molecule has 2 heterocycles. The fourth-order valence-corrected chi connectivity index (χ4v) is 4.60. The Morgan fingerprint density at radius 2 is 1.74 bits per heavy atom. The molecule has 2 aliphatic heterocycles. The molecule has 5 rings (SSSR count). The molecule has 3 aromatic carbocycles. The molecule has 0 aromatic heterocycles. The van der Waals surface area contributed by atoms with E-state index in [0.717, 1.165) is 6.07 Å². The maximum absolute atomic E-state index is 12.7. The Balaban J connectivity index is 1.51. The number of Topliss-reactive ketones (excluding diaryl/α,β-unsaturated/α-hetero) is 1. The molecule has 176 valence electrons. The lowest BCUT2D eigenvalue weighted by Crippen LogP contribution is -2.20. The summed E-state index contributed by atoms with van der Waals surface area (Å²) < 4.78 is 17.1. The quantitative estimate of drug-likeness (QED) is 0.390. The summed E-state index contributed by atoms with van der Waals surface area (Å²) in [5.41, 5.74) is 1.64. The number of ketones is 1. The van der Waals surface area contributed by atoms with Crippen molar-refractivity contribution in [1.29, 1.82) is 0 Å². The van der Waals surface area contributed by atoms with E-state index in [1.807, 2.05) is 0 Å². The largest absolute Gasteiger partial charge is 0.508 e. The van der Waals surface area contributed by atoms with Crippen LogP contribution < -0.4 is 14.2 Å². The second kappa shape index (κ2) is 8.03. The molecule has 9 heteroatoms. The Morgan fingerprint density at radius 3 is 2.47 bits per heavy atom. The van der Waals surface area contributed by atoms with Gasteiger partial charge in [-0.1, -0.05) is 6.07 Å². The minimum absolute atomic E-state index is 0.00246. The van der Waals surface area contributed by atoms with Gasteiger partial charge in [0.2, 0.25) is 0 Å². The van der Waals surface area contributed by atoms with Gasteiger partial charge in [-0.2, -0.15) is 0 Å². The van der Waals surface area contributed by atoms with Crippen LogP contribution in [0.4, 0.5) is 0 Å². The van der Waals surface area contributed by atoms with Gasteiger partial charge in [-0.25, -0.2) is 0 Å². The zero-order valence-electron chi connectivity index (χ0n) is 18.1. The number of aromatic hydroxyl groups is 4. The van der Waals surface area contributed by atoms with E-state index in [2.05, 4.69) is 0 Å². The first-order valence-corrected chi connectivity index (χ1v) is 10.6. The highest BCUT2D eigenvalue weighted by Gasteiger charge is 2.39. The van der Waals surface area contributed by atoms with Crippen molar-refractivity contribution in [3.63, 3.8) is 0 Å². The molecule has 3 unspecified atom stereocenters. The van der Waals surface area contributed by atoms with Crippen LogP contribution >= 0.6 is 0 Å². The predicted molar refractivity (Wildman–Crippen MR) is 118 cm³/mol.